The van der Waals surface area contributed by atoms with Gasteiger partial charge in [-0.25, -0.2) is 13.8 Å². The Labute approximate surface area is 211 Å². The molecule has 188 valence electrons. The fourth-order valence-corrected chi connectivity index (χ4v) is 4.75. The van der Waals surface area contributed by atoms with E-state index in [1.54, 1.807) is 54.6 Å². The van der Waals surface area contributed by atoms with Gasteiger partial charge in [0.25, 0.3) is 15.9 Å². The smallest absolute Gasteiger partial charge is 0.264 e. The number of methoxy groups -OCH3 is 1. The van der Waals surface area contributed by atoms with Crippen LogP contribution in [0.25, 0.3) is 0 Å². The molecule has 3 aromatic rings. The summed E-state index contributed by atoms with van der Waals surface area (Å²) in [5.41, 5.74) is 4.50. The van der Waals surface area contributed by atoms with Gasteiger partial charge in [-0.05, 0) is 60.0 Å². The molecule has 0 aliphatic heterocycles. The maximum absolute atomic E-state index is 13.4. The second-order valence-electron chi connectivity index (χ2n) is 7.65. The second kappa shape index (κ2) is 12.6. The zero-order valence-corrected chi connectivity index (χ0v) is 21.1. The van der Waals surface area contributed by atoms with E-state index in [1.165, 1.54) is 25.5 Å². The van der Waals surface area contributed by atoms with Crippen LogP contribution in [0.4, 0.5) is 5.69 Å². The van der Waals surface area contributed by atoms with Crippen LogP contribution in [0.1, 0.15) is 18.1 Å². The highest BCUT2D eigenvalue weighted by Crippen LogP contribution is 2.27. The van der Waals surface area contributed by atoms with Crippen LogP contribution in [0, 0.1) is 0 Å². The van der Waals surface area contributed by atoms with Crippen LogP contribution in [0.5, 0.6) is 11.5 Å². The summed E-state index contributed by atoms with van der Waals surface area (Å²) < 4.78 is 38.7. The fraction of sp³-hybridized carbons (Fsp3) is 0.185. The van der Waals surface area contributed by atoms with Gasteiger partial charge in [-0.1, -0.05) is 49.9 Å². The minimum Gasteiger partial charge on any atom is -0.493 e. The molecule has 0 heterocycles. The summed E-state index contributed by atoms with van der Waals surface area (Å²) in [5, 5.41) is 3.98. The van der Waals surface area contributed by atoms with Crippen LogP contribution in [0.2, 0.25) is 0 Å². The average molecular weight is 508 g/mol. The molecule has 3 rings (SSSR count). The molecule has 1 N–H and O–H groups in total. The molecule has 0 aliphatic carbocycles. The molecular weight excluding hydrogens is 478 g/mol. The zero-order valence-electron chi connectivity index (χ0n) is 20.3. The largest absolute Gasteiger partial charge is 0.493 e. The summed E-state index contributed by atoms with van der Waals surface area (Å²) in [6.45, 7) is 5.52. The van der Waals surface area contributed by atoms with E-state index in [9.17, 15) is 13.2 Å². The van der Waals surface area contributed by atoms with E-state index in [0.717, 1.165) is 16.3 Å². The molecule has 0 atom stereocenters. The molecule has 8 nitrogen and oxygen atoms in total. The Balaban J connectivity index is 1.77. The minimum atomic E-state index is -3.98. The van der Waals surface area contributed by atoms with Crippen LogP contribution in [-0.4, -0.2) is 40.8 Å². The van der Waals surface area contributed by atoms with E-state index >= 15 is 0 Å². The van der Waals surface area contributed by atoms with Gasteiger partial charge in [0.05, 0.1) is 23.9 Å². The molecule has 0 radical (unpaired) electrons. The van der Waals surface area contributed by atoms with Gasteiger partial charge in [-0.2, -0.15) is 5.10 Å². The topological polar surface area (TPSA) is 97.3 Å². The van der Waals surface area contributed by atoms with Gasteiger partial charge in [0.15, 0.2) is 11.5 Å². The van der Waals surface area contributed by atoms with Crippen LogP contribution >= 0.6 is 0 Å². The SMILES string of the molecule is C=CCOc1ccc(/C=N\NC(=O)CN(c2ccc(CC)cc2)S(=O)(=O)c2ccccc2)cc1OC. The molecule has 9 heteroatoms. The summed E-state index contributed by atoms with van der Waals surface area (Å²) in [4.78, 5) is 12.8. The van der Waals surface area contributed by atoms with E-state index in [0.29, 0.717) is 29.4 Å². The number of carbonyl (C=O) groups is 1. The first-order valence-electron chi connectivity index (χ1n) is 11.3. The van der Waals surface area contributed by atoms with Gasteiger partial charge >= 0.3 is 0 Å². The zero-order chi connectivity index (χ0) is 26.0. The summed E-state index contributed by atoms with van der Waals surface area (Å²) in [7, 11) is -2.46. The molecule has 3 aromatic carbocycles. The number of hydrogen-bond acceptors (Lipinski definition) is 6. The summed E-state index contributed by atoms with van der Waals surface area (Å²) in [6, 6.07) is 20.2. The molecule has 0 bridgehead atoms. The number of carbonyl (C=O) groups excluding carboxylic acids is 1. The molecule has 36 heavy (non-hydrogen) atoms. The maximum atomic E-state index is 13.4. The van der Waals surface area contributed by atoms with E-state index in [2.05, 4.69) is 17.1 Å². The standard InChI is InChI=1S/C27H29N3O5S/c1-4-17-35-25-16-13-22(18-26(25)34-3)19-28-29-27(31)20-30(23-14-11-21(5-2)12-15-23)36(32,33)24-9-7-6-8-10-24/h4,6-16,18-19H,1,5,17,20H2,2-3H3,(H,29,31)/b28-19-. The highest BCUT2D eigenvalue weighted by Gasteiger charge is 2.27. The van der Waals surface area contributed by atoms with Crippen molar-refractivity contribution in [3.05, 3.63) is 96.6 Å². The number of amides is 1. The number of ether oxygens (including phenoxy) is 2. The lowest BCUT2D eigenvalue weighted by Gasteiger charge is -2.24. The van der Waals surface area contributed by atoms with E-state index in [4.69, 9.17) is 9.47 Å². The van der Waals surface area contributed by atoms with Crippen LogP contribution in [0.15, 0.2) is 95.4 Å². The van der Waals surface area contributed by atoms with Crippen molar-refractivity contribution in [1.29, 1.82) is 0 Å². The van der Waals surface area contributed by atoms with Gasteiger partial charge in [0.2, 0.25) is 0 Å². The lowest BCUT2D eigenvalue weighted by molar-refractivity contribution is -0.119. The quantitative estimate of drug-likeness (QED) is 0.225. The minimum absolute atomic E-state index is 0.0896. The lowest BCUT2D eigenvalue weighted by atomic mass is 10.1. The average Bonchev–Trinajstić information content (AvgIpc) is 2.91. The Bertz CT molecular complexity index is 1310. The number of anilines is 1. The third kappa shape index (κ3) is 6.73. The molecule has 0 aromatic heterocycles. The van der Waals surface area contributed by atoms with Crippen molar-refractivity contribution in [2.45, 2.75) is 18.2 Å². The number of sulfonamides is 1. The molecule has 0 aliphatic rings. The number of aryl methyl sites for hydroxylation is 1. The predicted molar refractivity (Wildman–Crippen MR) is 141 cm³/mol. The van der Waals surface area contributed by atoms with Crippen molar-refractivity contribution < 1.29 is 22.7 Å². The van der Waals surface area contributed by atoms with Crippen LogP contribution in [-0.2, 0) is 21.2 Å². The third-order valence-electron chi connectivity index (χ3n) is 5.20. The first-order valence-corrected chi connectivity index (χ1v) is 12.7. The predicted octanol–water partition coefficient (Wildman–Crippen LogP) is 4.17. The Kier molecular flexibility index (Phi) is 9.24. The number of hydrogen-bond donors (Lipinski definition) is 1. The van der Waals surface area contributed by atoms with Gasteiger partial charge in [-0.3, -0.25) is 9.10 Å². The van der Waals surface area contributed by atoms with Crippen molar-refractivity contribution in [3.63, 3.8) is 0 Å². The van der Waals surface area contributed by atoms with Gasteiger partial charge in [-0.15, -0.1) is 0 Å². The molecular formula is C27H29N3O5S. The second-order valence-corrected chi connectivity index (χ2v) is 9.51. The Morgan fingerprint density at radius 1 is 1.06 bits per heavy atom. The summed E-state index contributed by atoms with van der Waals surface area (Å²) in [6.07, 6.45) is 3.88. The first kappa shape index (κ1) is 26.5. The van der Waals surface area contributed by atoms with Crippen molar-refractivity contribution in [2.75, 3.05) is 24.6 Å². The Morgan fingerprint density at radius 2 is 1.78 bits per heavy atom. The third-order valence-corrected chi connectivity index (χ3v) is 6.99. The lowest BCUT2D eigenvalue weighted by Crippen LogP contribution is -2.39. The number of benzene rings is 3. The van der Waals surface area contributed by atoms with E-state index in [1.807, 2.05) is 19.1 Å². The molecule has 0 unspecified atom stereocenters. The van der Waals surface area contributed by atoms with Crippen molar-refractivity contribution in [1.82, 2.24) is 5.43 Å². The van der Waals surface area contributed by atoms with Crippen LogP contribution in [0.3, 0.4) is 0 Å². The monoisotopic (exact) mass is 507 g/mol. The number of nitrogens with zero attached hydrogens (tertiary/aromatic N) is 2. The van der Waals surface area contributed by atoms with Crippen molar-refractivity contribution in [3.8, 4) is 11.5 Å². The van der Waals surface area contributed by atoms with Crippen molar-refractivity contribution in [2.24, 2.45) is 5.10 Å². The first-order chi connectivity index (χ1) is 17.4. The van der Waals surface area contributed by atoms with E-state index in [-0.39, 0.29) is 4.90 Å². The van der Waals surface area contributed by atoms with Crippen molar-refractivity contribution >= 4 is 27.8 Å². The van der Waals surface area contributed by atoms with Crippen LogP contribution < -0.4 is 19.2 Å². The highest BCUT2D eigenvalue weighted by molar-refractivity contribution is 7.92. The molecule has 0 saturated carbocycles. The molecule has 1 amide bonds. The molecule has 0 fully saturated rings. The van der Waals surface area contributed by atoms with Gasteiger partial charge in [0, 0.05) is 0 Å². The van der Waals surface area contributed by atoms with Gasteiger partial charge < -0.3 is 9.47 Å². The summed E-state index contributed by atoms with van der Waals surface area (Å²) in [5.74, 6) is 0.459. The fourth-order valence-electron chi connectivity index (χ4n) is 3.31. The normalized spacial score (nSPS) is 11.2. The molecule has 0 saturated heterocycles. The van der Waals surface area contributed by atoms with E-state index < -0.39 is 22.5 Å². The van der Waals surface area contributed by atoms with Gasteiger partial charge in [0.1, 0.15) is 13.2 Å². The number of hydrazone groups is 1. The summed E-state index contributed by atoms with van der Waals surface area (Å²) >= 11 is 0. The molecule has 0 spiro atoms. The number of rotatable bonds is 12. The maximum Gasteiger partial charge on any atom is 0.264 e. The Hall–Kier alpha value is -4.11. The Morgan fingerprint density at radius 3 is 2.42 bits per heavy atom. The highest BCUT2D eigenvalue weighted by atomic mass is 32.2. The number of nitrogens with one attached hydrogen (secondary N) is 1.